The molecule has 0 fully saturated rings. The summed E-state index contributed by atoms with van der Waals surface area (Å²) in [6.45, 7) is 14.5. The molecule has 1 aromatic rings. The van der Waals surface area contributed by atoms with Gasteiger partial charge in [0.1, 0.15) is 0 Å². The molecule has 2 rings (SSSR count). The molecule has 0 saturated carbocycles. The molecule has 4 heteroatoms. The van der Waals surface area contributed by atoms with Gasteiger partial charge >= 0.3 is 0 Å². The Balaban J connectivity index is 2.46. The lowest BCUT2D eigenvalue weighted by Crippen LogP contribution is -2.39. The van der Waals surface area contributed by atoms with E-state index in [1.54, 1.807) is 0 Å². The highest BCUT2D eigenvalue weighted by Crippen LogP contribution is 2.22. The van der Waals surface area contributed by atoms with E-state index in [2.05, 4.69) is 55.5 Å². The third-order valence-electron chi connectivity index (χ3n) is 4.74. The van der Waals surface area contributed by atoms with Crippen LogP contribution in [0.4, 0.5) is 0 Å². The summed E-state index contributed by atoms with van der Waals surface area (Å²) in [6, 6.07) is 2.81. The smallest absolute Gasteiger partial charge is 0.255 e. The molecule has 0 radical (unpaired) electrons. The fourth-order valence-corrected chi connectivity index (χ4v) is 3.15. The normalized spacial score (nSPS) is 16.8. The molecule has 0 bridgehead atoms. The van der Waals surface area contributed by atoms with Gasteiger partial charge in [-0.15, -0.1) is 0 Å². The van der Waals surface area contributed by atoms with Crippen molar-refractivity contribution in [1.29, 1.82) is 0 Å². The van der Waals surface area contributed by atoms with Crippen molar-refractivity contribution in [2.75, 3.05) is 13.1 Å². The lowest BCUT2D eigenvalue weighted by atomic mass is 10.0. The predicted octanol–water partition coefficient (Wildman–Crippen LogP) is 2.70. The van der Waals surface area contributed by atoms with Crippen molar-refractivity contribution in [3.8, 4) is 0 Å². The number of pyridine rings is 1. The van der Waals surface area contributed by atoms with Crippen molar-refractivity contribution >= 4 is 0 Å². The van der Waals surface area contributed by atoms with Gasteiger partial charge in [0.2, 0.25) is 0 Å². The number of nitrogens with one attached hydrogen (secondary N) is 1. The molecule has 1 unspecified atom stereocenters. The Labute approximate surface area is 134 Å². The summed E-state index contributed by atoms with van der Waals surface area (Å²) in [5.74, 6) is 0. The molecule has 1 N–H and O–H groups in total. The van der Waals surface area contributed by atoms with Crippen molar-refractivity contribution in [3.63, 3.8) is 0 Å². The van der Waals surface area contributed by atoms with Gasteiger partial charge in [-0.3, -0.25) is 9.69 Å². The highest BCUT2D eigenvalue weighted by molar-refractivity contribution is 5.29. The Bertz CT molecular complexity index is 562. The van der Waals surface area contributed by atoms with Crippen LogP contribution in [0.25, 0.3) is 0 Å². The van der Waals surface area contributed by atoms with E-state index in [1.165, 1.54) is 11.3 Å². The van der Waals surface area contributed by atoms with Gasteiger partial charge in [0.15, 0.2) is 0 Å². The summed E-state index contributed by atoms with van der Waals surface area (Å²) >= 11 is 0. The van der Waals surface area contributed by atoms with Gasteiger partial charge < -0.3 is 9.88 Å². The van der Waals surface area contributed by atoms with Crippen LogP contribution in [0.1, 0.15) is 63.9 Å². The predicted molar refractivity (Wildman–Crippen MR) is 92.3 cm³/mol. The van der Waals surface area contributed by atoms with Crippen LogP contribution in [0.2, 0.25) is 0 Å². The molecule has 1 aromatic heterocycles. The summed E-state index contributed by atoms with van der Waals surface area (Å²) in [6.07, 6.45) is 1.98. The molecular formula is C18H31N3O. The SMILES string of the molecule is CCC(C)n1c2c(cc(CNC(C)C)c1=O)CN(CC)CC2. The summed E-state index contributed by atoms with van der Waals surface area (Å²) in [7, 11) is 0. The Hall–Kier alpha value is -1.13. The maximum absolute atomic E-state index is 12.9. The largest absolute Gasteiger partial charge is 0.310 e. The van der Waals surface area contributed by atoms with Crippen LogP contribution in [0.15, 0.2) is 10.9 Å². The van der Waals surface area contributed by atoms with Crippen molar-refractivity contribution in [2.24, 2.45) is 0 Å². The van der Waals surface area contributed by atoms with Crippen molar-refractivity contribution in [1.82, 2.24) is 14.8 Å². The van der Waals surface area contributed by atoms with Crippen LogP contribution in [0.3, 0.4) is 0 Å². The van der Waals surface area contributed by atoms with E-state index in [9.17, 15) is 4.79 Å². The van der Waals surface area contributed by atoms with Gasteiger partial charge in [-0.05, 0) is 31.5 Å². The van der Waals surface area contributed by atoms with Crippen LogP contribution in [0.5, 0.6) is 0 Å². The molecule has 0 saturated heterocycles. The Morgan fingerprint density at radius 3 is 2.59 bits per heavy atom. The topological polar surface area (TPSA) is 37.3 Å². The van der Waals surface area contributed by atoms with Gasteiger partial charge in [0, 0.05) is 49.4 Å². The van der Waals surface area contributed by atoms with Crippen molar-refractivity contribution in [3.05, 3.63) is 33.2 Å². The highest BCUT2D eigenvalue weighted by atomic mass is 16.1. The summed E-state index contributed by atoms with van der Waals surface area (Å²) in [4.78, 5) is 15.4. The lowest BCUT2D eigenvalue weighted by molar-refractivity contribution is 0.259. The van der Waals surface area contributed by atoms with E-state index in [0.717, 1.165) is 38.0 Å². The first-order valence-corrected chi connectivity index (χ1v) is 8.69. The van der Waals surface area contributed by atoms with E-state index >= 15 is 0 Å². The molecular weight excluding hydrogens is 274 g/mol. The number of likely N-dealkylation sites (N-methyl/N-ethyl adjacent to an activating group) is 1. The monoisotopic (exact) mass is 305 g/mol. The highest BCUT2D eigenvalue weighted by Gasteiger charge is 2.22. The van der Waals surface area contributed by atoms with E-state index < -0.39 is 0 Å². The standard InChI is InChI=1S/C18H31N3O/c1-6-14(5)21-17-8-9-20(7-2)12-16(17)10-15(18(21)22)11-19-13(3)4/h10,13-14,19H,6-9,11-12H2,1-5H3. The molecule has 1 aliphatic rings. The fraction of sp³-hybridized carbons (Fsp3) is 0.722. The van der Waals surface area contributed by atoms with E-state index in [-0.39, 0.29) is 11.6 Å². The zero-order valence-electron chi connectivity index (χ0n) is 14.8. The zero-order chi connectivity index (χ0) is 16.3. The first-order valence-electron chi connectivity index (χ1n) is 8.69. The summed E-state index contributed by atoms with van der Waals surface area (Å²) in [5, 5.41) is 3.39. The number of hydrogen-bond donors (Lipinski definition) is 1. The van der Waals surface area contributed by atoms with Gasteiger partial charge in [-0.1, -0.05) is 27.7 Å². The molecule has 2 heterocycles. The maximum Gasteiger partial charge on any atom is 0.255 e. The second kappa shape index (κ2) is 7.42. The second-order valence-electron chi connectivity index (χ2n) is 6.73. The maximum atomic E-state index is 12.9. The number of hydrogen-bond acceptors (Lipinski definition) is 3. The Morgan fingerprint density at radius 2 is 2.00 bits per heavy atom. The van der Waals surface area contributed by atoms with Gasteiger partial charge in [0.25, 0.3) is 5.56 Å². The van der Waals surface area contributed by atoms with E-state index in [4.69, 9.17) is 0 Å². The Morgan fingerprint density at radius 1 is 1.27 bits per heavy atom. The van der Waals surface area contributed by atoms with E-state index in [0.29, 0.717) is 12.6 Å². The molecule has 0 aromatic carbocycles. The number of rotatable bonds is 6. The average molecular weight is 305 g/mol. The Kier molecular flexibility index (Phi) is 5.81. The fourth-order valence-electron chi connectivity index (χ4n) is 3.15. The molecule has 22 heavy (non-hydrogen) atoms. The minimum atomic E-state index is 0.200. The first kappa shape index (κ1) is 17.2. The minimum absolute atomic E-state index is 0.200. The quantitative estimate of drug-likeness (QED) is 0.878. The molecule has 124 valence electrons. The molecule has 4 nitrogen and oxygen atoms in total. The third-order valence-corrected chi connectivity index (χ3v) is 4.74. The zero-order valence-corrected chi connectivity index (χ0v) is 14.8. The molecule has 1 aliphatic heterocycles. The summed E-state index contributed by atoms with van der Waals surface area (Å²) < 4.78 is 2.07. The van der Waals surface area contributed by atoms with Crippen LogP contribution in [-0.4, -0.2) is 28.6 Å². The number of fused-ring (bicyclic) bond motifs is 1. The summed E-state index contributed by atoms with van der Waals surface area (Å²) in [5.41, 5.74) is 3.71. The first-order chi connectivity index (χ1) is 10.5. The average Bonchev–Trinajstić information content (AvgIpc) is 2.51. The van der Waals surface area contributed by atoms with Gasteiger partial charge in [-0.25, -0.2) is 0 Å². The van der Waals surface area contributed by atoms with Crippen LogP contribution in [-0.2, 0) is 19.5 Å². The van der Waals surface area contributed by atoms with Crippen molar-refractivity contribution in [2.45, 2.75) is 72.6 Å². The molecule has 0 amide bonds. The number of aromatic nitrogens is 1. The van der Waals surface area contributed by atoms with Crippen LogP contribution in [0, 0.1) is 0 Å². The van der Waals surface area contributed by atoms with Crippen LogP contribution < -0.4 is 10.9 Å². The van der Waals surface area contributed by atoms with Gasteiger partial charge in [-0.2, -0.15) is 0 Å². The van der Waals surface area contributed by atoms with E-state index in [1.807, 2.05) is 0 Å². The minimum Gasteiger partial charge on any atom is -0.310 e. The molecule has 0 spiro atoms. The van der Waals surface area contributed by atoms with Gasteiger partial charge in [0.05, 0.1) is 0 Å². The molecule has 1 atom stereocenters. The number of nitrogens with zero attached hydrogens (tertiary/aromatic N) is 2. The van der Waals surface area contributed by atoms with Crippen LogP contribution >= 0.6 is 0 Å². The lowest BCUT2D eigenvalue weighted by Gasteiger charge is -2.32. The third kappa shape index (κ3) is 3.61. The molecule has 0 aliphatic carbocycles. The second-order valence-corrected chi connectivity index (χ2v) is 6.73. The van der Waals surface area contributed by atoms with Crippen molar-refractivity contribution < 1.29 is 0 Å².